The summed E-state index contributed by atoms with van der Waals surface area (Å²) in [6.45, 7) is 0. The van der Waals surface area contributed by atoms with E-state index in [1.165, 1.54) is 18.5 Å². The third-order valence-corrected chi connectivity index (χ3v) is 3.04. The summed E-state index contributed by atoms with van der Waals surface area (Å²) >= 11 is 5.82. The van der Waals surface area contributed by atoms with E-state index in [0.717, 1.165) is 4.73 Å². The van der Waals surface area contributed by atoms with Crippen LogP contribution in [-0.2, 0) is 0 Å². The van der Waals surface area contributed by atoms with E-state index in [9.17, 15) is 10.0 Å². The highest BCUT2D eigenvalue weighted by Gasteiger charge is 2.17. The predicted octanol–water partition coefficient (Wildman–Crippen LogP) is 2.20. The molecule has 3 rings (SSSR count). The van der Waals surface area contributed by atoms with Crippen molar-refractivity contribution in [2.45, 2.75) is 0 Å². The summed E-state index contributed by atoms with van der Waals surface area (Å²) in [4.78, 5) is 17.2. The first-order chi connectivity index (χ1) is 9.65. The van der Waals surface area contributed by atoms with Gasteiger partial charge in [-0.05, 0) is 41.1 Å². The number of hydrogen-bond donors (Lipinski definition) is 0. The Morgan fingerprint density at radius 3 is 2.90 bits per heavy atom. The van der Waals surface area contributed by atoms with Gasteiger partial charge in [0.2, 0.25) is 0 Å². The van der Waals surface area contributed by atoms with Gasteiger partial charge >= 0.3 is 11.6 Å². The number of nitrogens with zero attached hydrogens (tertiary/aromatic N) is 2. The quantitative estimate of drug-likeness (QED) is 0.536. The number of benzene rings is 1. The van der Waals surface area contributed by atoms with Crippen LogP contribution in [0, 0.1) is 5.21 Å². The van der Waals surface area contributed by atoms with Crippen molar-refractivity contribution in [2.24, 2.45) is 0 Å². The van der Waals surface area contributed by atoms with Gasteiger partial charge in [0.05, 0.1) is 17.1 Å². The van der Waals surface area contributed by atoms with Crippen molar-refractivity contribution in [3.8, 4) is 0 Å². The van der Waals surface area contributed by atoms with E-state index in [0.29, 0.717) is 20.7 Å². The zero-order chi connectivity index (χ0) is 14.1. The summed E-state index contributed by atoms with van der Waals surface area (Å²) in [5, 5.41) is 12.8. The zero-order valence-corrected chi connectivity index (χ0v) is 10.9. The van der Waals surface area contributed by atoms with Gasteiger partial charge in [0, 0.05) is 5.02 Å². The van der Waals surface area contributed by atoms with Gasteiger partial charge in [-0.3, -0.25) is 4.84 Å². The fraction of sp³-hybridized carbons (Fsp3) is 0. The molecule has 2 aromatic heterocycles. The Morgan fingerprint density at radius 2 is 2.10 bits per heavy atom. The van der Waals surface area contributed by atoms with Gasteiger partial charge in [0.1, 0.15) is 6.20 Å². The van der Waals surface area contributed by atoms with Gasteiger partial charge in [0.25, 0.3) is 0 Å². The molecule has 0 unspecified atom stereocenters. The highest BCUT2D eigenvalue weighted by atomic mass is 35.5. The summed E-state index contributed by atoms with van der Waals surface area (Å²) in [5.74, 6) is -0.589. The van der Waals surface area contributed by atoms with Crippen molar-refractivity contribution < 1.29 is 14.4 Å². The minimum atomic E-state index is -0.589. The van der Waals surface area contributed by atoms with Crippen LogP contribution in [-0.4, -0.2) is 10.7 Å². The molecule has 0 saturated carbocycles. The molecule has 0 aliphatic heterocycles. The van der Waals surface area contributed by atoms with Crippen LogP contribution in [0.2, 0.25) is 5.02 Å². The van der Waals surface area contributed by atoms with Crippen molar-refractivity contribution in [1.82, 2.24) is 4.73 Å². The molecule has 3 aromatic rings. The molecule has 100 valence electrons. The van der Waals surface area contributed by atoms with Crippen LogP contribution in [0.4, 0.5) is 0 Å². The molecule has 0 atom stereocenters. The lowest BCUT2D eigenvalue weighted by atomic mass is 10.2. The highest BCUT2D eigenvalue weighted by Crippen LogP contribution is 2.13. The third kappa shape index (κ3) is 2.19. The maximum atomic E-state index is 12.0. The number of carbonyl (C=O) groups excluding carboxylic acids is 1. The largest absolute Gasteiger partial charge is 0.710 e. The SMILES string of the molecule is O=C(On1ccc2ccc[n+]([O-])c21)c1cccc(Cl)c1. The molecule has 20 heavy (non-hydrogen) atoms. The Kier molecular flexibility index (Phi) is 3.04. The predicted molar refractivity (Wildman–Crippen MR) is 73.3 cm³/mol. The minimum absolute atomic E-state index is 0.253. The number of pyridine rings is 1. The zero-order valence-electron chi connectivity index (χ0n) is 10.2. The van der Waals surface area contributed by atoms with E-state index < -0.39 is 5.97 Å². The summed E-state index contributed by atoms with van der Waals surface area (Å²) < 4.78 is 1.78. The van der Waals surface area contributed by atoms with Crippen molar-refractivity contribution >= 4 is 28.6 Å². The average molecular weight is 289 g/mol. The Morgan fingerprint density at radius 1 is 1.25 bits per heavy atom. The molecule has 0 saturated heterocycles. The van der Waals surface area contributed by atoms with E-state index in [1.54, 1.807) is 36.4 Å². The van der Waals surface area contributed by atoms with Crippen molar-refractivity contribution in [3.05, 3.63) is 70.7 Å². The van der Waals surface area contributed by atoms with Crippen LogP contribution in [0.1, 0.15) is 10.4 Å². The second-order valence-electron chi connectivity index (χ2n) is 4.14. The molecular formula is C14H9ClN2O3. The Hall–Kier alpha value is -2.53. The number of hydrogen-bond acceptors (Lipinski definition) is 3. The van der Waals surface area contributed by atoms with Gasteiger partial charge in [-0.1, -0.05) is 17.7 Å². The first-order valence-corrected chi connectivity index (χ1v) is 6.20. The molecule has 0 N–H and O–H groups in total. The maximum absolute atomic E-state index is 12.0. The molecule has 0 bridgehead atoms. The molecule has 6 heteroatoms. The first kappa shape index (κ1) is 12.5. The lowest BCUT2D eigenvalue weighted by molar-refractivity contribution is -0.581. The van der Waals surface area contributed by atoms with E-state index in [-0.39, 0.29) is 5.65 Å². The fourth-order valence-electron chi connectivity index (χ4n) is 1.90. The van der Waals surface area contributed by atoms with Crippen LogP contribution in [0.25, 0.3) is 11.0 Å². The van der Waals surface area contributed by atoms with Gasteiger partial charge in [0.15, 0.2) is 0 Å². The van der Waals surface area contributed by atoms with E-state index in [1.807, 2.05) is 0 Å². The van der Waals surface area contributed by atoms with Gasteiger partial charge in [-0.25, -0.2) is 9.52 Å². The summed E-state index contributed by atoms with van der Waals surface area (Å²) in [6.07, 6.45) is 2.85. The maximum Gasteiger partial charge on any atom is 0.388 e. The lowest BCUT2D eigenvalue weighted by Crippen LogP contribution is -2.31. The molecule has 0 fully saturated rings. The Labute approximate surface area is 119 Å². The molecule has 0 amide bonds. The van der Waals surface area contributed by atoms with Crippen molar-refractivity contribution in [2.75, 3.05) is 0 Å². The fourth-order valence-corrected chi connectivity index (χ4v) is 2.09. The summed E-state index contributed by atoms with van der Waals surface area (Å²) in [6, 6.07) is 11.5. The van der Waals surface area contributed by atoms with E-state index in [4.69, 9.17) is 16.4 Å². The van der Waals surface area contributed by atoms with Crippen molar-refractivity contribution in [1.29, 1.82) is 0 Å². The minimum Gasteiger partial charge on any atom is -0.710 e. The molecule has 0 spiro atoms. The van der Waals surface area contributed by atoms with E-state index in [2.05, 4.69) is 0 Å². The monoisotopic (exact) mass is 288 g/mol. The molecule has 2 heterocycles. The number of carbonyl (C=O) groups is 1. The van der Waals surface area contributed by atoms with Crippen molar-refractivity contribution in [3.63, 3.8) is 0 Å². The lowest BCUT2D eigenvalue weighted by Gasteiger charge is -2.05. The molecule has 0 radical (unpaired) electrons. The third-order valence-electron chi connectivity index (χ3n) is 2.80. The van der Waals surface area contributed by atoms with Crippen LogP contribution in [0.5, 0.6) is 0 Å². The topological polar surface area (TPSA) is 58.2 Å². The Balaban J connectivity index is 1.96. The average Bonchev–Trinajstić information content (AvgIpc) is 2.83. The summed E-state index contributed by atoms with van der Waals surface area (Å²) in [5.41, 5.74) is 0.565. The van der Waals surface area contributed by atoms with Gasteiger partial charge < -0.3 is 5.21 Å². The standard InChI is InChI=1S/C14H9ClN2O3/c15-12-5-1-3-11(9-12)14(18)20-17-8-6-10-4-2-7-16(19)13(10)17/h1-9H. The second-order valence-corrected chi connectivity index (χ2v) is 4.58. The van der Waals surface area contributed by atoms with Crippen LogP contribution < -0.4 is 9.57 Å². The Bertz CT molecular complexity index is 798. The van der Waals surface area contributed by atoms with Gasteiger partial charge in [-0.2, -0.15) is 0 Å². The second kappa shape index (κ2) is 4.86. The summed E-state index contributed by atoms with van der Waals surface area (Å²) in [7, 11) is 0. The van der Waals surface area contributed by atoms with Crippen LogP contribution in [0.3, 0.4) is 0 Å². The number of halogens is 1. The first-order valence-electron chi connectivity index (χ1n) is 5.82. The highest BCUT2D eigenvalue weighted by molar-refractivity contribution is 6.30. The number of rotatable bonds is 2. The molecule has 0 aliphatic rings. The smallest absolute Gasteiger partial charge is 0.388 e. The number of fused-ring (bicyclic) bond motifs is 1. The van der Waals surface area contributed by atoms with Crippen LogP contribution in [0.15, 0.2) is 54.9 Å². The molecular weight excluding hydrogens is 280 g/mol. The molecule has 1 aromatic carbocycles. The van der Waals surface area contributed by atoms with Gasteiger partial charge in [-0.15, -0.1) is 0 Å². The van der Waals surface area contributed by atoms with Crippen LogP contribution >= 0.6 is 11.6 Å². The molecule has 0 aliphatic carbocycles. The number of aromatic nitrogens is 2. The van der Waals surface area contributed by atoms with E-state index >= 15 is 0 Å². The molecule has 5 nitrogen and oxygen atoms in total. The normalized spacial score (nSPS) is 10.7.